The van der Waals surface area contributed by atoms with Gasteiger partial charge in [0.2, 0.25) is 0 Å². The van der Waals surface area contributed by atoms with Crippen LogP contribution in [0.1, 0.15) is 23.6 Å². The maximum atomic E-state index is 5.54. The highest BCUT2D eigenvalue weighted by Crippen LogP contribution is 2.17. The minimum Gasteiger partial charge on any atom is -0.496 e. The number of hydrogen-bond donors (Lipinski definition) is 2. The average Bonchev–Trinajstić information content (AvgIpc) is 2.69. The minimum absolute atomic E-state index is 0. The van der Waals surface area contributed by atoms with Gasteiger partial charge in [-0.2, -0.15) is 0 Å². The highest BCUT2D eigenvalue weighted by Gasteiger charge is 2.05. The molecule has 0 aromatic heterocycles. The number of hydrogen-bond acceptors (Lipinski definition) is 3. The summed E-state index contributed by atoms with van der Waals surface area (Å²) in [5.41, 5.74) is 3.60. The first-order valence-corrected chi connectivity index (χ1v) is 8.99. The molecule has 0 aliphatic heterocycles. The number of nitrogens with one attached hydrogen (secondary N) is 2. The summed E-state index contributed by atoms with van der Waals surface area (Å²) in [7, 11) is 3.48. The summed E-state index contributed by atoms with van der Waals surface area (Å²) in [6.07, 6.45) is 0.867. The van der Waals surface area contributed by atoms with Gasteiger partial charge in [0, 0.05) is 26.7 Å². The van der Waals surface area contributed by atoms with Gasteiger partial charge in [-0.25, -0.2) is 0 Å². The Morgan fingerprint density at radius 3 is 2.30 bits per heavy atom. The molecule has 0 amide bonds. The molecule has 0 saturated carbocycles. The van der Waals surface area contributed by atoms with E-state index in [0.717, 1.165) is 24.7 Å². The standard InChI is InChI=1S/C21H29N3O2.HI/c1-4-26-16-19-11-6-5-10-18(19)15-24-21(22-2)23-14-13-17-9-7-8-12-20(17)25-3;/h5-12H,4,13-16H2,1-3H3,(H2,22,23,24);1H. The van der Waals surface area contributed by atoms with E-state index in [1.165, 1.54) is 16.7 Å². The monoisotopic (exact) mass is 483 g/mol. The van der Waals surface area contributed by atoms with E-state index in [-0.39, 0.29) is 24.0 Å². The Balaban J connectivity index is 0.00000364. The van der Waals surface area contributed by atoms with Crippen molar-refractivity contribution in [3.05, 3.63) is 65.2 Å². The zero-order valence-electron chi connectivity index (χ0n) is 16.3. The fraction of sp³-hybridized carbons (Fsp3) is 0.381. The molecular weight excluding hydrogens is 453 g/mol. The lowest BCUT2D eigenvalue weighted by molar-refractivity contribution is 0.133. The lowest BCUT2D eigenvalue weighted by Crippen LogP contribution is -2.38. The van der Waals surface area contributed by atoms with Crippen LogP contribution >= 0.6 is 24.0 Å². The van der Waals surface area contributed by atoms with Crippen LogP contribution in [0.15, 0.2) is 53.5 Å². The third-order valence-electron chi connectivity index (χ3n) is 4.13. The fourth-order valence-corrected chi connectivity index (χ4v) is 2.71. The van der Waals surface area contributed by atoms with Crippen LogP contribution in [0.3, 0.4) is 0 Å². The SMILES string of the molecule is CCOCc1ccccc1CNC(=NC)NCCc1ccccc1OC.I. The lowest BCUT2D eigenvalue weighted by atomic mass is 10.1. The van der Waals surface area contributed by atoms with Gasteiger partial charge in [0.05, 0.1) is 13.7 Å². The fourth-order valence-electron chi connectivity index (χ4n) is 2.71. The van der Waals surface area contributed by atoms with Crippen molar-refractivity contribution in [2.45, 2.75) is 26.5 Å². The Kier molecular flexibility index (Phi) is 11.5. The Morgan fingerprint density at radius 1 is 0.963 bits per heavy atom. The first kappa shape index (κ1) is 23.2. The van der Waals surface area contributed by atoms with Crippen LogP contribution in [0.25, 0.3) is 0 Å². The van der Waals surface area contributed by atoms with Crippen LogP contribution in [0, 0.1) is 0 Å². The second-order valence-electron chi connectivity index (χ2n) is 5.82. The van der Waals surface area contributed by atoms with Gasteiger partial charge >= 0.3 is 0 Å². The zero-order chi connectivity index (χ0) is 18.6. The van der Waals surface area contributed by atoms with E-state index in [4.69, 9.17) is 9.47 Å². The molecule has 2 rings (SSSR count). The van der Waals surface area contributed by atoms with E-state index in [9.17, 15) is 0 Å². The van der Waals surface area contributed by atoms with Gasteiger partial charge in [0.25, 0.3) is 0 Å². The van der Waals surface area contributed by atoms with Gasteiger partial charge in [-0.3, -0.25) is 4.99 Å². The quantitative estimate of drug-likeness (QED) is 0.324. The number of rotatable bonds is 9. The van der Waals surface area contributed by atoms with Crippen molar-refractivity contribution in [3.63, 3.8) is 0 Å². The predicted molar refractivity (Wildman–Crippen MR) is 122 cm³/mol. The highest BCUT2D eigenvalue weighted by molar-refractivity contribution is 14.0. The molecule has 0 aliphatic carbocycles. The van der Waals surface area contributed by atoms with Gasteiger partial charge in [0.15, 0.2) is 5.96 Å². The van der Waals surface area contributed by atoms with Gasteiger partial charge in [-0.05, 0) is 36.1 Å². The number of para-hydroxylation sites is 1. The van der Waals surface area contributed by atoms with Gasteiger partial charge in [-0.15, -0.1) is 24.0 Å². The molecule has 6 heteroatoms. The molecule has 0 bridgehead atoms. The number of nitrogens with zero attached hydrogens (tertiary/aromatic N) is 1. The normalized spacial score (nSPS) is 10.9. The summed E-state index contributed by atoms with van der Waals surface area (Å²) < 4.78 is 10.9. The van der Waals surface area contributed by atoms with E-state index in [1.807, 2.05) is 37.3 Å². The Morgan fingerprint density at radius 2 is 1.63 bits per heavy atom. The number of aliphatic imine (C=N–C) groups is 1. The third-order valence-corrected chi connectivity index (χ3v) is 4.13. The van der Waals surface area contributed by atoms with Crippen molar-refractivity contribution in [2.75, 3.05) is 27.3 Å². The summed E-state index contributed by atoms with van der Waals surface area (Å²) >= 11 is 0. The maximum Gasteiger partial charge on any atom is 0.191 e. The van der Waals surface area contributed by atoms with E-state index in [0.29, 0.717) is 19.8 Å². The summed E-state index contributed by atoms with van der Waals surface area (Å²) in [5.74, 6) is 1.70. The minimum atomic E-state index is 0. The van der Waals surface area contributed by atoms with Crippen molar-refractivity contribution in [3.8, 4) is 5.75 Å². The molecule has 2 aromatic carbocycles. The smallest absolute Gasteiger partial charge is 0.191 e. The number of benzene rings is 2. The number of ether oxygens (including phenoxy) is 2. The molecular formula is C21H30IN3O2. The Hall–Kier alpha value is -1.80. The maximum absolute atomic E-state index is 5.54. The van der Waals surface area contributed by atoms with Crippen molar-refractivity contribution in [1.82, 2.24) is 10.6 Å². The van der Waals surface area contributed by atoms with E-state index < -0.39 is 0 Å². The Labute approximate surface area is 179 Å². The molecule has 0 heterocycles. The molecule has 0 atom stereocenters. The second kappa shape index (κ2) is 13.4. The molecule has 148 valence electrons. The molecule has 0 fully saturated rings. The molecule has 5 nitrogen and oxygen atoms in total. The molecule has 0 spiro atoms. The molecule has 0 saturated heterocycles. The topological polar surface area (TPSA) is 54.9 Å². The van der Waals surface area contributed by atoms with Crippen LogP contribution < -0.4 is 15.4 Å². The molecule has 27 heavy (non-hydrogen) atoms. The van der Waals surface area contributed by atoms with Crippen LogP contribution in [0.2, 0.25) is 0 Å². The van der Waals surface area contributed by atoms with Crippen molar-refractivity contribution < 1.29 is 9.47 Å². The first-order valence-electron chi connectivity index (χ1n) is 8.99. The van der Waals surface area contributed by atoms with Gasteiger partial charge < -0.3 is 20.1 Å². The lowest BCUT2D eigenvalue weighted by Gasteiger charge is -2.15. The average molecular weight is 483 g/mol. The van der Waals surface area contributed by atoms with Gasteiger partial charge in [-0.1, -0.05) is 42.5 Å². The van der Waals surface area contributed by atoms with Crippen LogP contribution in [0.4, 0.5) is 0 Å². The summed E-state index contributed by atoms with van der Waals surface area (Å²) in [6, 6.07) is 16.4. The van der Waals surface area contributed by atoms with E-state index in [2.05, 4.69) is 33.8 Å². The number of guanidine groups is 1. The summed E-state index contributed by atoms with van der Waals surface area (Å²) in [5, 5.41) is 6.72. The number of methoxy groups -OCH3 is 1. The first-order chi connectivity index (χ1) is 12.8. The van der Waals surface area contributed by atoms with Crippen molar-refractivity contribution in [1.29, 1.82) is 0 Å². The molecule has 2 N–H and O–H groups in total. The molecule has 0 radical (unpaired) electrons. The van der Waals surface area contributed by atoms with Crippen LogP contribution in [0.5, 0.6) is 5.75 Å². The Bertz CT molecular complexity index is 707. The molecule has 2 aromatic rings. The van der Waals surface area contributed by atoms with Crippen molar-refractivity contribution in [2.24, 2.45) is 4.99 Å². The van der Waals surface area contributed by atoms with Crippen molar-refractivity contribution >= 4 is 29.9 Å². The third kappa shape index (κ3) is 7.76. The molecule has 0 aliphatic rings. The van der Waals surface area contributed by atoms with E-state index >= 15 is 0 Å². The largest absolute Gasteiger partial charge is 0.496 e. The van der Waals surface area contributed by atoms with Gasteiger partial charge in [0.1, 0.15) is 5.75 Å². The van der Waals surface area contributed by atoms with Crippen LogP contribution in [-0.2, 0) is 24.3 Å². The summed E-state index contributed by atoms with van der Waals surface area (Å²) in [6.45, 7) is 4.84. The second-order valence-corrected chi connectivity index (χ2v) is 5.82. The summed E-state index contributed by atoms with van der Waals surface area (Å²) in [4.78, 5) is 4.30. The number of halogens is 1. The van der Waals surface area contributed by atoms with Crippen LogP contribution in [-0.4, -0.2) is 33.3 Å². The molecule has 0 unspecified atom stereocenters. The predicted octanol–water partition coefficient (Wildman–Crippen LogP) is 3.76. The zero-order valence-corrected chi connectivity index (χ0v) is 18.7. The van der Waals surface area contributed by atoms with E-state index in [1.54, 1.807) is 14.2 Å². The highest BCUT2D eigenvalue weighted by atomic mass is 127.